The molecule has 4 aromatic carbocycles. The lowest BCUT2D eigenvalue weighted by molar-refractivity contribution is 0.416. The van der Waals surface area contributed by atoms with Crippen LogP contribution in [0.1, 0.15) is 0 Å². The van der Waals surface area contributed by atoms with Crippen LogP contribution in [0, 0.1) is 6.07 Å². The fourth-order valence-electron chi connectivity index (χ4n) is 2.77. The molecular weight excluding hydrogens is 220 g/mol. The normalized spacial score (nSPS) is 11.6. The van der Waals surface area contributed by atoms with Crippen molar-refractivity contribution in [2.24, 2.45) is 0 Å². The summed E-state index contributed by atoms with van der Waals surface area (Å²) >= 11 is 0. The number of ether oxygens (including phenoxy) is 1. The molecule has 0 bridgehead atoms. The van der Waals surface area contributed by atoms with E-state index in [4.69, 9.17) is 4.74 Å². The molecule has 0 aliphatic carbocycles. The average molecular weight is 231 g/mol. The van der Waals surface area contributed by atoms with Gasteiger partial charge in [0.15, 0.2) is 0 Å². The zero-order chi connectivity index (χ0) is 12.1. The molecule has 0 saturated heterocycles. The van der Waals surface area contributed by atoms with Crippen molar-refractivity contribution in [1.29, 1.82) is 0 Å². The zero-order valence-corrected chi connectivity index (χ0v) is 10.0. The fourth-order valence-corrected chi connectivity index (χ4v) is 2.77. The van der Waals surface area contributed by atoms with E-state index in [1.165, 1.54) is 32.3 Å². The van der Waals surface area contributed by atoms with Crippen molar-refractivity contribution in [3.63, 3.8) is 0 Å². The van der Waals surface area contributed by atoms with E-state index >= 15 is 0 Å². The maximum absolute atomic E-state index is 5.36. The van der Waals surface area contributed by atoms with Gasteiger partial charge >= 0.3 is 0 Å². The number of rotatable bonds is 1. The van der Waals surface area contributed by atoms with Crippen LogP contribution in [0.5, 0.6) is 5.75 Å². The third-order valence-corrected chi connectivity index (χ3v) is 3.60. The Morgan fingerprint density at radius 3 is 1.83 bits per heavy atom. The molecule has 0 saturated carbocycles. The van der Waals surface area contributed by atoms with E-state index in [0.717, 1.165) is 5.75 Å². The zero-order valence-electron chi connectivity index (χ0n) is 10.0. The molecule has 0 aliphatic heterocycles. The van der Waals surface area contributed by atoms with Crippen molar-refractivity contribution >= 4 is 32.3 Å². The highest BCUT2D eigenvalue weighted by Gasteiger charge is 2.08. The van der Waals surface area contributed by atoms with E-state index in [1.807, 2.05) is 12.1 Å². The third kappa shape index (κ3) is 1.16. The molecule has 0 spiro atoms. The standard InChI is InChI=1S/C17H11O/c1-18-15-9-13-7-5-11-3-2-4-12-6-8-14(10-15)17(13)16(11)12/h3-10H,1H3. The summed E-state index contributed by atoms with van der Waals surface area (Å²) in [5, 5.41) is 7.60. The topological polar surface area (TPSA) is 9.23 Å². The number of hydrogen-bond acceptors (Lipinski definition) is 1. The van der Waals surface area contributed by atoms with Gasteiger partial charge < -0.3 is 4.74 Å². The van der Waals surface area contributed by atoms with Crippen LogP contribution in [0.3, 0.4) is 0 Å². The Bertz CT molecular complexity index is 797. The maximum Gasteiger partial charge on any atom is 0.120 e. The Labute approximate surface area is 105 Å². The van der Waals surface area contributed by atoms with Gasteiger partial charge in [-0.2, -0.15) is 0 Å². The molecule has 0 N–H and O–H groups in total. The predicted octanol–water partition coefficient (Wildman–Crippen LogP) is 4.39. The van der Waals surface area contributed by atoms with Gasteiger partial charge in [0.1, 0.15) is 5.75 Å². The summed E-state index contributed by atoms with van der Waals surface area (Å²) in [5.74, 6) is 0.910. The Morgan fingerprint density at radius 1 is 0.778 bits per heavy atom. The monoisotopic (exact) mass is 231 g/mol. The summed E-state index contributed by atoms with van der Waals surface area (Å²) in [6, 6.07) is 20.1. The summed E-state index contributed by atoms with van der Waals surface area (Å²) in [6.07, 6.45) is 0. The molecule has 18 heavy (non-hydrogen) atoms. The molecule has 1 nitrogen and oxygen atoms in total. The molecule has 0 aliphatic rings. The van der Waals surface area contributed by atoms with E-state index in [-0.39, 0.29) is 0 Å². The van der Waals surface area contributed by atoms with Crippen LogP contribution in [-0.4, -0.2) is 7.11 Å². The summed E-state index contributed by atoms with van der Waals surface area (Å²) in [4.78, 5) is 0. The highest BCUT2D eigenvalue weighted by Crippen LogP contribution is 2.36. The molecule has 1 heteroatoms. The van der Waals surface area contributed by atoms with E-state index in [1.54, 1.807) is 7.11 Å². The van der Waals surface area contributed by atoms with Crippen molar-refractivity contribution in [1.82, 2.24) is 0 Å². The lowest BCUT2D eigenvalue weighted by Crippen LogP contribution is -1.86. The highest BCUT2D eigenvalue weighted by atomic mass is 16.5. The van der Waals surface area contributed by atoms with Gasteiger partial charge in [0.2, 0.25) is 0 Å². The Morgan fingerprint density at radius 2 is 1.28 bits per heavy atom. The highest BCUT2D eigenvalue weighted by molar-refractivity contribution is 6.23. The minimum Gasteiger partial charge on any atom is -0.497 e. The van der Waals surface area contributed by atoms with Gasteiger partial charge in [0, 0.05) is 0 Å². The molecule has 0 heterocycles. The first kappa shape index (κ1) is 9.72. The second kappa shape index (κ2) is 3.36. The van der Waals surface area contributed by atoms with Gasteiger partial charge in [-0.15, -0.1) is 0 Å². The van der Waals surface area contributed by atoms with Gasteiger partial charge in [-0.3, -0.25) is 0 Å². The van der Waals surface area contributed by atoms with Crippen molar-refractivity contribution in [3.8, 4) is 5.75 Å². The maximum atomic E-state index is 5.36. The Balaban J connectivity index is 2.35. The van der Waals surface area contributed by atoms with Gasteiger partial charge in [-0.05, 0) is 62.6 Å². The van der Waals surface area contributed by atoms with Gasteiger partial charge in [-0.1, -0.05) is 24.3 Å². The first-order valence-corrected chi connectivity index (χ1v) is 5.99. The minimum absolute atomic E-state index is 0.910. The van der Waals surface area contributed by atoms with Crippen molar-refractivity contribution in [2.45, 2.75) is 0 Å². The van der Waals surface area contributed by atoms with Crippen LogP contribution < -0.4 is 4.74 Å². The summed E-state index contributed by atoms with van der Waals surface area (Å²) in [7, 11) is 1.71. The molecule has 0 atom stereocenters. The van der Waals surface area contributed by atoms with Gasteiger partial charge in [0.05, 0.1) is 7.11 Å². The molecule has 85 valence electrons. The lowest BCUT2D eigenvalue weighted by atomic mass is 9.94. The average Bonchev–Trinajstić information content (AvgIpc) is 2.44. The summed E-state index contributed by atoms with van der Waals surface area (Å²) in [6.45, 7) is 0. The van der Waals surface area contributed by atoms with Crippen LogP contribution in [-0.2, 0) is 0 Å². The van der Waals surface area contributed by atoms with Crippen LogP contribution >= 0.6 is 0 Å². The van der Waals surface area contributed by atoms with Crippen LogP contribution in [0.4, 0.5) is 0 Å². The van der Waals surface area contributed by atoms with Gasteiger partial charge in [-0.25, -0.2) is 0 Å². The van der Waals surface area contributed by atoms with Crippen LogP contribution in [0.25, 0.3) is 32.3 Å². The van der Waals surface area contributed by atoms with E-state index in [9.17, 15) is 0 Å². The second-order valence-electron chi connectivity index (χ2n) is 4.59. The first-order chi connectivity index (χ1) is 8.86. The lowest BCUT2D eigenvalue weighted by Gasteiger charge is -2.11. The first-order valence-electron chi connectivity index (χ1n) is 5.99. The Hall–Kier alpha value is -2.28. The van der Waals surface area contributed by atoms with Gasteiger partial charge in [0.25, 0.3) is 0 Å². The molecule has 1 radical (unpaired) electrons. The van der Waals surface area contributed by atoms with Crippen molar-refractivity contribution in [2.75, 3.05) is 7.11 Å². The largest absolute Gasteiger partial charge is 0.497 e. The Kier molecular flexibility index (Phi) is 1.81. The molecule has 0 aromatic heterocycles. The number of hydrogen-bond donors (Lipinski definition) is 0. The SMILES string of the molecule is COc1cc2ccc3c[c]cc4ccc(c1)c2c34. The summed E-state index contributed by atoms with van der Waals surface area (Å²) < 4.78 is 5.36. The number of methoxy groups -OCH3 is 1. The van der Waals surface area contributed by atoms with E-state index in [2.05, 4.69) is 42.5 Å². The molecule has 4 aromatic rings. The van der Waals surface area contributed by atoms with E-state index in [0.29, 0.717) is 0 Å². The molecule has 0 amide bonds. The predicted molar refractivity (Wildman–Crippen MR) is 75.5 cm³/mol. The summed E-state index contributed by atoms with van der Waals surface area (Å²) in [5.41, 5.74) is 0. The molecule has 0 unspecified atom stereocenters. The van der Waals surface area contributed by atoms with Crippen LogP contribution in [0.2, 0.25) is 0 Å². The molecular formula is C17H11O. The minimum atomic E-state index is 0.910. The van der Waals surface area contributed by atoms with Crippen molar-refractivity contribution in [3.05, 3.63) is 54.6 Å². The van der Waals surface area contributed by atoms with E-state index < -0.39 is 0 Å². The quantitative estimate of drug-likeness (QED) is 0.441. The third-order valence-electron chi connectivity index (χ3n) is 3.60. The van der Waals surface area contributed by atoms with Crippen LogP contribution in [0.15, 0.2) is 48.5 Å². The molecule has 0 fully saturated rings. The second-order valence-corrected chi connectivity index (χ2v) is 4.59. The fraction of sp³-hybridized carbons (Fsp3) is 0.0588. The number of benzene rings is 4. The smallest absolute Gasteiger partial charge is 0.120 e. The van der Waals surface area contributed by atoms with Crippen molar-refractivity contribution < 1.29 is 4.74 Å². The molecule has 4 rings (SSSR count).